The van der Waals surface area contributed by atoms with Gasteiger partial charge in [0.15, 0.2) is 16.5 Å². The normalized spacial score (nSPS) is 13.1. The summed E-state index contributed by atoms with van der Waals surface area (Å²) in [6, 6.07) is 6.99. The number of ether oxygens (including phenoxy) is 2. The number of benzene rings is 1. The van der Waals surface area contributed by atoms with Crippen LogP contribution >= 0.6 is 23.1 Å². The van der Waals surface area contributed by atoms with Gasteiger partial charge in [-0.3, -0.25) is 4.79 Å². The number of fused-ring (bicyclic) bond motifs is 3. The molecule has 0 N–H and O–H groups in total. The molecule has 1 aliphatic rings. The zero-order valence-corrected chi connectivity index (χ0v) is 19.5. The second-order valence-electron chi connectivity index (χ2n) is 7.13. The molecular formula is C22H17N3O6S2. The molecule has 0 saturated carbocycles. The first-order chi connectivity index (χ1) is 15.9. The summed E-state index contributed by atoms with van der Waals surface area (Å²) in [7, 11) is 1.50. The Balaban J connectivity index is 1.67. The highest BCUT2D eigenvalue weighted by atomic mass is 32.2. The lowest BCUT2D eigenvalue weighted by Crippen LogP contribution is -2.28. The van der Waals surface area contributed by atoms with Gasteiger partial charge in [0.25, 0.3) is 5.56 Å². The number of rotatable bonds is 4. The lowest BCUT2D eigenvalue weighted by atomic mass is 10.1. The molecule has 0 unspecified atom stereocenters. The van der Waals surface area contributed by atoms with Crippen molar-refractivity contribution >= 4 is 56.0 Å². The molecule has 0 atom stereocenters. The lowest BCUT2D eigenvalue weighted by molar-refractivity contribution is 0.0531. The summed E-state index contributed by atoms with van der Waals surface area (Å²) in [5.74, 6) is 0.295. The van der Waals surface area contributed by atoms with E-state index in [0.29, 0.717) is 54.0 Å². The maximum absolute atomic E-state index is 13.3. The molecule has 4 heterocycles. The molecule has 33 heavy (non-hydrogen) atoms. The molecule has 4 aromatic rings. The SMILES string of the molecule is CCOC(=O)c1sc2nc3n(c(=O)c2c1C)N=C(c1cc2cccc(OC)c2oc1=O)CS3. The standard InChI is InChI=1S/C22H17N3O6S2/c1-4-30-21(28)17-10(2)15-18(33-17)23-22-25(19(15)26)24-13(9-32-22)12-8-11-6-5-7-14(29-3)16(11)31-20(12)27/h5-8H,4,9H2,1-3H3. The molecule has 0 spiro atoms. The number of carbonyl (C=O) groups is 1. The minimum Gasteiger partial charge on any atom is -0.493 e. The molecule has 0 aliphatic carbocycles. The third kappa shape index (κ3) is 3.44. The smallest absolute Gasteiger partial charge is 0.348 e. The van der Waals surface area contributed by atoms with Crippen LogP contribution in [0.25, 0.3) is 21.2 Å². The molecule has 5 rings (SSSR count). The van der Waals surface area contributed by atoms with E-state index in [1.807, 2.05) is 0 Å². The predicted octanol–water partition coefficient (Wildman–Crippen LogP) is 3.42. The van der Waals surface area contributed by atoms with Gasteiger partial charge in [-0.15, -0.1) is 11.3 Å². The summed E-state index contributed by atoms with van der Waals surface area (Å²) in [5, 5.41) is 5.82. The number of aromatic nitrogens is 2. The van der Waals surface area contributed by atoms with Crippen molar-refractivity contribution in [3.8, 4) is 5.75 Å². The minimum absolute atomic E-state index is 0.235. The monoisotopic (exact) mass is 483 g/mol. The predicted molar refractivity (Wildman–Crippen MR) is 126 cm³/mol. The van der Waals surface area contributed by atoms with Gasteiger partial charge in [0.1, 0.15) is 9.71 Å². The average molecular weight is 484 g/mol. The van der Waals surface area contributed by atoms with E-state index in [1.165, 1.54) is 23.5 Å². The molecule has 0 saturated heterocycles. The first kappa shape index (κ1) is 21.4. The minimum atomic E-state index is -0.576. The van der Waals surface area contributed by atoms with Crippen LogP contribution in [0, 0.1) is 6.92 Å². The number of esters is 1. The van der Waals surface area contributed by atoms with Crippen LogP contribution in [0.1, 0.15) is 27.7 Å². The molecule has 0 radical (unpaired) electrons. The Labute approximate surface area is 194 Å². The van der Waals surface area contributed by atoms with E-state index < -0.39 is 17.2 Å². The number of carbonyl (C=O) groups excluding carboxylic acids is 1. The van der Waals surface area contributed by atoms with Crippen molar-refractivity contribution in [3.05, 3.63) is 61.0 Å². The Morgan fingerprint density at radius 3 is 2.88 bits per heavy atom. The molecule has 11 heteroatoms. The number of hydrogen-bond donors (Lipinski definition) is 0. The third-order valence-corrected chi connectivity index (χ3v) is 7.29. The van der Waals surface area contributed by atoms with Crippen LogP contribution in [-0.2, 0) is 4.74 Å². The highest BCUT2D eigenvalue weighted by Crippen LogP contribution is 2.31. The Hall–Kier alpha value is -3.44. The highest BCUT2D eigenvalue weighted by Gasteiger charge is 2.26. The van der Waals surface area contributed by atoms with Crippen molar-refractivity contribution in [2.75, 3.05) is 19.5 Å². The summed E-state index contributed by atoms with van der Waals surface area (Å²) >= 11 is 2.41. The molecule has 9 nitrogen and oxygen atoms in total. The summed E-state index contributed by atoms with van der Waals surface area (Å²) in [4.78, 5) is 43.6. The van der Waals surface area contributed by atoms with Gasteiger partial charge in [-0.1, -0.05) is 23.9 Å². The van der Waals surface area contributed by atoms with Crippen LogP contribution in [0.2, 0.25) is 0 Å². The first-order valence-corrected chi connectivity index (χ1v) is 11.8. The van der Waals surface area contributed by atoms with Crippen molar-refractivity contribution in [2.24, 2.45) is 5.10 Å². The van der Waals surface area contributed by atoms with E-state index in [-0.39, 0.29) is 12.2 Å². The average Bonchev–Trinajstić information content (AvgIpc) is 3.15. The lowest BCUT2D eigenvalue weighted by Gasteiger charge is -2.15. The molecule has 0 fully saturated rings. The van der Waals surface area contributed by atoms with Crippen LogP contribution < -0.4 is 15.9 Å². The van der Waals surface area contributed by atoms with E-state index in [2.05, 4.69) is 10.1 Å². The largest absolute Gasteiger partial charge is 0.493 e. The summed E-state index contributed by atoms with van der Waals surface area (Å²) in [6.45, 7) is 3.64. The fourth-order valence-corrected chi connectivity index (χ4v) is 5.63. The van der Waals surface area contributed by atoms with Gasteiger partial charge in [0, 0.05) is 11.1 Å². The summed E-state index contributed by atoms with van der Waals surface area (Å²) in [6.07, 6.45) is 0. The van der Waals surface area contributed by atoms with E-state index in [4.69, 9.17) is 13.9 Å². The van der Waals surface area contributed by atoms with Crippen molar-refractivity contribution in [3.63, 3.8) is 0 Å². The molecule has 0 amide bonds. The summed E-state index contributed by atoms with van der Waals surface area (Å²) < 4.78 is 17.0. The number of thioether (sulfide) groups is 1. The van der Waals surface area contributed by atoms with E-state index in [1.54, 1.807) is 38.1 Å². The molecular weight excluding hydrogens is 466 g/mol. The zero-order valence-electron chi connectivity index (χ0n) is 17.8. The topological polar surface area (TPSA) is 113 Å². The van der Waals surface area contributed by atoms with Gasteiger partial charge in [-0.25, -0.2) is 14.6 Å². The Morgan fingerprint density at radius 1 is 1.30 bits per heavy atom. The second kappa shape index (κ2) is 8.16. The van der Waals surface area contributed by atoms with Crippen molar-refractivity contribution in [1.82, 2.24) is 9.66 Å². The van der Waals surface area contributed by atoms with Crippen molar-refractivity contribution in [1.29, 1.82) is 0 Å². The van der Waals surface area contributed by atoms with Gasteiger partial charge in [-0.05, 0) is 31.5 Å². The molecule has 1 aromatic carbocycles. The van der Waals surface area contributed by atoms with E-state index in [9.17, 15) is 14.4 Å². The van der Waals surface area contributed by atoms with Crippen LogP contribution in [0.5, 0.6) is 5.75 Å². The summed E-state index contributed by atoms with van der Waals surface area (Å²) in [5.41, 5.74) is 0.525. The molecule has 0 bridgehead atoms. The van der Waals surface area contributed by atoms with Crippen LogP contribution in [-0.4, -0.2) is 40.8 Å². The van der Waals surface area contributed by atoms with Crippen molar-refractivity contribution in [2.45, 2.75) is 19.0 Å². The first-order valence-electron chi connectivity index (χ1n) is 9.98. The molecule has 168 valence electrons. The number of hydrogen-bond acceptors (Lipinski definition) is 10. The Morgan fingerprint density at radius 2 is 2.12 bits per heavy atom. The van der Waals surface area contributed by atoms with Crippen LogP contribution in [0.4, 0.5) is 0 Å². The van der Waals surface area contributed by atoms with Gasteiger partial charge < -0.3 is 13.9 Å². The zero-order chi connectivity index (χ0) is 23.3. The number of thiophene rings is 1. The quantitative estimate of drug-likeness (QED) is 0.247. The number of nitrogens with zero attached hydrogens (tertiary/aromatic N) is 3. The van der Waals surface area contributed by atoms with Gasteiger partial charge in [-0.2, -0.15) is 9.78 Å². The van der Waals surface area contributed by atoms with Crippen LogP contribution in [0.15, 0.2) is 48.5 Å². The Bertz CT molecular complexity index is 1600. The van der Waals surface area contributed by atoms with Gasteiger partial charge >= 0.3 is 11.6 Å². The number of para-hydroxylation sites is 1. The van der Waals surface area contributed by atoms with Gasteiger partial charge in [0.2, 0.25) is 0 Å². The van der Waals surface area contributed by atoms with Crippen LogP contribution in [0.3, 0.4) is 0 Å². The van der Waals surface area contributed by atoms with E-state index in [0.717, 1.165) is 11.3 Å². The number of methoxy groups -OCH3 is 1. The third-order valence-electron chi connectivity index (χ3n) is 5.19. The molecule has 1 aliphatic heterocycles. The van der Waals surface area contributed by atoms with Crippen molar-refractivity contribution < 1.29 is 18.7 Å². The fourth-order valence-electron chi connectivity index (χ4n) is 3.62. The second-order valence-corrected chi connectivity index (χ2v) is 9.07. The van der Waals surface area contributed by atoms with E-state index >= 15 is 0 Å². The maximum atomic E-state index is 13.3. The maximum Gasteiger partial charge on any atom is 0.348 e. The Kier molecular flexibility index (Phi) is 5.29. The number of aryl methyl sites for hydroxylation is 1. The van der Waals surface area contributed by atoms with Gasteiger partial charge in [0.05, 0.1) is 30.4 Å². The molecule has 3 aromatic heterocycles. The highest BCUT2D eigenvalue weighted by molar-refractivity contribution is 7.99. The fraction of sp³-hybridized carbons (Fsp3) is 0.227.